The first-order valence-corrected chi connectivity index (χ1v) is 12.7. The normalized spacial score (nSPS) is 15.1. The third-order valence-corrected chi connectivity index (χ3v) is 8.36. The van der Waals surface area contributed by atoms with E-state index in [-0.39, 0.29) is 4.90 Å². The summed E-state index contributed by atoms with van der Waals surface area (Å²) in [6.45, 7) is 3.31. The molecule has 1 fully saturated rings. The number of benzene rings is 2. The molecule has 2 aromatic carbocycles. The summed E-state index contributed by atoms with van der Waals surface area (Å²) >= 11 is 1.34. The average Bonchev–Trinajstić information content (AvgIpc) is 2.86. The van der Waals surface area contributed by atoms with Crippen molar-refractivity contribution in [3.8, 4) is 11.3 Å². The first-order valence-electron chi connectivity index (χ1n) is 10.4. The van der Waals surface area contributed by atoms with Gasteiger partial charge in [-0.25, -0.2) is 18.4 Å². The van der Waals surface area contributed by atoms with Gasteiger partial charge in [-0.2, -0.15) is 4.31 Å². The fourth-order valence-electron chi connectivity index (χ4n) is 3.74. The molecule has 3 heterocycles. The minimum Gasteiger partial charge on any atom is -0.379 e. The minimum atomic E-state index is -3.64. The molecule has 0 saturated carbocycles. The van der Waals surface area contributed by atoms with Crippen LogP contribution in [0.5, 0.6) is 0 Å². The number of fused-ring (bicyclic) bond motifs is 1. The SMILES string of the molecule is Cc1ccc(-c2nnc(Sc3ncccn3)c3ccccc23)cc1S(=O)(=O)N1CCOCC1. The van der Waals surface area contributed by atoms with E-state index in [1.54, 1.807) is 31.5 Å². The van der Waals surface area contributed by atoms with Gasteiger partial charge in [0.05, 0.1) is 18.1 Å². The van der Waals surface area contributed by atoms with Crippen molar-refractivity contribution in [3.05, 3.63) is 66.5 Å². The van der Waals surface area contributed by atoms with Gasteiger partial charge in [0.2, 0.25) is 10.0 Å². The molecule has 0 atom stereocenters. The zero-order valence-corrected chi connectivity index (χ0v) is 19.5. The predicted octanol–water partition coefficient (Wildman–Crippen LogP) is 3.57. The van der Waals surface area contributed by atoms with E-state index >= 15 is 0 Å². The van der Waals surface area contributed by atoms with Crippen molar-refractivity contribution in [3.63, 3.8) is 0 Å². The van der Waals surface area contributed by atoms with Crippen LogP contribution in [0.15, 0.2) is 76.0 Å². The van der Waals surface area contributed by atoms with Crippen molar-refractivity contribution in [2.75, 3.05) is 26.3 Å². The molecule has 0 amide bonds. The van der Waals surface area contributed by atoms with Gasteiger partial charge in [0.25, 0.3) is 0 Å². The lowest BCUT2D eigenvalue weighted by molar-refractivity contribution is 0.0730. The first-order chi connectivity index (χ1) is 16.0. The Morgan fingerprint density at radius 3 is 2.42 bits per heavy atom. The van der Waals surface area contributed by atoms with Crippen molar-refractivity contribution in [2.45, 2.75) is 22.0 Å². The Hall–Kier alpha value is -2.92. The number of sulfonamides is 1. The number of morpholine rings is 1. The van der Waals surface area contributed by atoms with E-state index in [9.17, 15) is 8.42 Å². The molecule has 0 radical (unpaired) electrons. The summed E-state index contributed by atoms with van der Waals surface area (Å²) in [6.07, 6.45) is 3.37. The lowest BCUT2D eigenvalue weighted by Gasteiger charge is -2.26. The van der Waals surface area contributed by atoms with Gasteiger partial charge in [0, 0.05) is 41.8 Å². The van der Waals surface area contributed by atoms with Crippen LogP contribution in [-0.4, -0.2) is 59.2 Å². The van der Waals surface area contributed by atoms with Crippen molar-refractivity contribution in [1.29, 1.82) is 0 Å². The molecule has 1 saturated heterocycles. The van der Waals surface area contributed by atoms with E-state index in [1.165, 1.54) is 16.1 Å². The number of nitrogens with zero attached hydrogens (tertiary/aromatic N) is 5. The molecule has 2 aromatic heterocycles. The fraction of sp³-hybridized carbons (Fsp3) is 0.217. The molecule has 0 unspecified atom stereocenters. The number of hydrogen-bond donors (Lipinski definition) is 0. The van der Waals surface area contributed by atoms with E-state index in [0.29, 0.717) is 53.3 Å². The zero-order chi connectivity index (χ0) is 22.8. The van der Waals surface area contributed by atoms with Crippen molar-refractivity contribution < 1.29 is 13.2 Å². The highest BCUT2D eigenvalue weighted by atomic mass is 32.2. The second-order valence-corrected chi connectivity index (χ2v) is 10.4. The average molecular weight is 480 g/mol. The van der Waals surface area contributed by atoms with Gasteiger partial charge in [-0.15, -0.1) is 10.2 Å². The van der Waals surface area contributed by atoms with Crippen LogP contribution in [0.3, 0.4) is 0 Å². The Morgan fingerprint density at radius 1 is 0.939 bits per heavy atom. The van der Waals surface area contributed by atoms with Crippen LogP contribution in [-0.2, 0) is 14.8 Å². The second kappa shape index (κ2) is 9.14. The van der Waals surface area contributed by atoms with Gasteiger partial charge in [0.1, 0.15) is 10.7 Å². The molecule has 8 nitrogen and oxygen atoms in total. The maximum absolute atomic E-state index is 13.3. The van der Waals surface area contributed by atoms with Crippen LogP contribution in [0.1, 0.15) is 5.56 Å². The van der Waals surface area contributed by atoms with Gasteiger partial charge >= 0.3 is 0 Å². The molecule has 168 valence electrons. The van der Waals surface area contributed by atoms with Crippen LogP contribution < -0.4 is 0 Å². The highest BCUT2D eigenvalue weighted by Gasteiger charge is 2.28. The van der Waals surface area contributed by atoms with Gasteiger partial charge in [-0.05, 0) is 36.4 Å². The number of rotatable bonds is 5. The van der Waals surface area contributed by atoms with Crippen LogP contribution in [0.2, 0.25) is 0 Å². The third-order valence-electron chi connectivity index (χ3n) is 5.43. The summed E-state index contributed by atoms with van der Waals surface area (Å²) in [5, 5.41) is 12.0. The molecule has 0 aliphatic carbocycles. The van der Waals surface area contributed by atoms with E-state index in [0.717, 1.165) is 10.8 Å². The Morgan fingerprint density at radius 2 is 1.67 bits per heavy atom. The highest BCUT2D eigenvalue weighted by Crippen LogP contribution is 2.35. The first kappa shape index (κ1) is 21.9. The zero-order valence-electron chi connectivity index (χ0n) is 17.9. The highest BCUT2D eigenvalue weighted by molar-refractivity contribution is 7.99. The molecule has 1 aliphatic heterocycles. The quantitative estimate of drug-likeness (QED) is 0.401. The third kappa shape index (κ3) is 4.34. The van der Waals surface area contributed by atoms with E-state index in [4.69, 9.17) is 4.74 Å². The van der Waals surface area contributed by atoms with Gasteiger partial charge in [-0.3, -0.25) is 0 Å². The smallest absolute Gasteiger partial charge is 0.243 e. The van der Waals surface area contributed by atoms with Gasteiger partial charge in [-0.1, -0.05) is 36.4 Å². The van der Waals surface area contributed by atoms with Crippen molar-refractivity contribution in [1.82, 2.24) is 24.5 Å². The Bertz CT molecular complexity index is 1410. The number of hydrogen-bond acceptors (Lipinski definition) is 8. The summed E-state index contributed by atoms with van der Waals surface area (Å²) in [5.74, 6) is 0. The van der Waals surface area contributed by atoms with E-state index in [2.05, 4.69) is 20.2 Å². The molecule has 5 rings (SSSR count). The molecule has 0 spiro atoms. The van der Waals surface area contributed by atoms with E-state index in [1.807, 2.05) is 36.4 Å². The molecule has 4 aromatic rings. The standard InChI is InChI=1S/C23H21N5O3S2/c1-16-7-8-17(15-20(16)33(29,30)28-11-13-31-14-12-28)21-18-5-2-3-6-19(18)22(27-26-21)32-23-24-9-4-10-25-23/h2-10,15H,11-14H2,1H3. The van der Waals surface area contributed by atoms with E-state index < -0.39 is 10.0 Å². The lowest BCUT2D eigenvalue weighted by Crippen LogP contribution is -2.40. The van der Waals surface area contributed by atoms with Crippen molar-refractivity contribution >= 4 is 32.6 Å². The summed E-state index contributed by atoms with van der Waals surface area (Å²) in [6, 6.07) is 15.0. The van der Waals surface area contributed by atoms with Crippen LogP contribution >= 0.6 is 11.8 Å². The number of aromatic nitrogens is 4. The Labute approximate surface area is 196 Å². The molecule has 1 aliphatic rings. The predicted molar refractivity (Wildman–Crippen MR) is 125 cm³/mol. The van der Waals surface area contributed by atoms with Crippen LogP contribution in [0.25, 0.3) is 22.0 Å². The lowest BCUT2D eigenvalue weighted by atomic mass is 10.0. The molecule has 33 heavy (non-hydrogen) atoms. The Balaban J connectivity index is 1.59. The molecular weight excluding hydrogens is 458 g/mol. The summed E-state index contributed by atoms with van der Waals surface area (Å²) in [7, 11) is -3.64. The van der Waals surface area contributed by atoms with Crippen LogP contribution in [0.4, 0.5) is 0 Å². The summed E-state index contributed by atoms with van der Waals surface area (Å²) in [5.41, 5.74) is 2.02. The maximum Gasteiger partial charge on any atom is 0.243 e. The maximum atomic E-state index is 13.3. The number of ether oxygens (including phenoxy) is 1. The molecule has 0 bridgehead atoms. The monoisotopic (exact) mass is 479 g/mol. The molecule has 10 heteroatoms. The van der Waals surface area contributed by atoms with Crippen LogP contribution in [0, 0.1) is 6.92 Å². The minimum absolute atomic E-state index is 0.281. The fourth-order valence-corrected chi connectivity index (χ4v) is 6.17. The Kier molecular flexibility index (Phi) is 6.07. The summed E-state index contributed by atoms with van der Waals surface area (Å²) in [4.78, 5) is 8.80. The van der Waals surface area contributed by atoms with Gasteiger partial charge < -0.3 is 4.74 Å². The molecule has 0 N–H and O–H groups in total. The van der Waals surface area contributed by atoms with Crippen molar-refractivity contribution in [2.24, 2.45) is 0 Å². The summed E-state index contributed by atoms with van der Waals surface area (Å²) < 4.78 is 33.5. The second-order valence-electron chi connectivity index (χ2n) is 7.53. The topological polar surface area (TPSA) is 98.2 Å². The number of aryl methyl sites for hydroxylation is 1. The largest absolute Gasteiger partial charge is 0.379 e. The van der Waals surface area contributed by atoms with Gasteiger partial charge in [0.15, 0.2) is 5.16 Å². The molecular formula is C23H21N5O3S2.